The molecule has 0 aromatic heterocycles. The molecule has 126 valence electrons. The van der Waals surface area contributed by atoms with Gasteiger partial charge >= 0.3 is 0 Å². The van der Waals surface area contributed by atoms with Gasteiger partial charge in [0.2, 0.25) is 0 Å². The predicted molar refractivity (Wildman–Crippen MR) is 101 cm³/mol. The van der Waals surface area contributed by atoms with Crippen LogP contribution in [0.25, 0.3) is 6.08 Å². The van der Waals surface area contributed by atoms with Gasteiger partial charge in [0.05, 0.1) is 27.7 Å². The second-order valence-electron chi connectivity index (χ2n) is 7.45. The topological polar surface area (TPSA) is 9.23 Å². The van der Waals surface area contributed by atoms with Gasteiger partial charge in [-0.15, -0.1) is 0 Å². The molecule has 1 aliphatic rings. The Morgan fingerprint density at radius 3 is 2.54 bits per heavy atom. The van der Waals surface area contributed by atoms with Crippen molar-refractivity contribution in [1.82, 2.24) is 0 Å². The van der Waals surface area contributed by atoms with E-state index in [0.29, 0.717) is 6.04 Å². The van der Waals surface area contributed by atoms with Gasteiger partial charge in [-0.1, -0.05) is 54.6 Å². The summed E-state index contributed by atoms with van der Waals surface area (Å²) in [5.41, 5.74) is 4.05. The van der Waals surface area contributed by atoms with Crippen LogP contribution in [0.5, 0.6) is 5.75 Å². The monoisotopic (exact) mass is 322 g/mol. The van der Waals surface area contributed by atoms with Crippen LogP contribution < -0.4 is 4.74 Å². The molecule has 0 saturated heterocycles. The van der Waals surface area contributed by atoms with Crippen molar-refractivity contribution in [3.8, 4) is 5.75 Å². The highest BCUT2D eigenvalue weighted by Gasteiger charge is 2.25. The van der Waals surface area contributed by atoms with Gasteiger partial charge in [-0.05, 0) is 24.5 Å². The van der Waals surface area contributed by atoms with Crippen LogP contribution >= 0.6 is 0 Å². The van der Waals surface area contributed by atoms with Crippen LogP contribution in [0.4, 0.5) is 0 Å². The summed E-state index contributed by atoms with van der Waals surface area (Å²) < 4.78 is 7.09. The van der Waals surface area contributed by atoms with Gasteiger partial charge in [-0.2, -0.15) is 0 Å². The zero-order valence-corrected chi connectivity index (χ0v) is 15.0. The molecule has 0 aliphatic heterocycles. The van der Waals surface area contributed by atoms with E-state index in [1.165, 1.54) is 16.7 Å². The molecule has 24 heavy (non-hydrogen) atoms. The molecular formula is C22H28NO+. The Morgan fingerprint density at radius 2 is 1.79 bits per heavy atom. The fraction of sp³-hybridized carbons (Fsp3) is 0.364. The highest BCUT2D eigenvalue weighted by Crippen LogP contribution is 2.30. The Balaban J connectivity index is 1.70. The van der Waals surface area contributed by atoms with E-state index >= 15 is 0 Å². The quantitative estimate of drug-likeness (QED) is 0.690. The second-order valence-corrected chi connectivity index (χ2v) is 7.45. The predicted octanol–water partition coefficient (Wildman–Crippen LogP) is 4.86. The number of rotatable bonds is 6. The van der Waals surface area contributed by atoms with Crippen LogP contribution in [0, 0.1) is 0 Å². The fourth-order valence-corrected chi connectivity index (χ4v) is 3.52. The average Bonchev–Trinajstić information content (AvgIpc) is 2.58. The van der Waals surface area contributed by atoms with Crippen molar-refractivity contribution < 1.29 is 9.22 Å². The third-order valence-electron chi connectivity index (χ3n) is 4.79. The molecule has 0 spiro atoms. The summed E-state index contributed by atoms with van der Waals surface area (Å²) in [7, 11) is 6.76. The highest BCUT2D eigenvalue weighted by molar-refractivity contribution is 5.63. The van der Waals surface area contributed by atoms with Crippen molar-refractivity contribution in [1.29, 1.82) is 0 Å². The van der Waals surface area contributed by atoms with Gasteiger partial charge in [-0.25, -0.2) is 0 Å². The molecule has 1 unspecified atom stereocenters. The summed E-state index contributed by atoms with van der Waals surface area (Å²) in [4.78, 5) is 0. The molecule has 0 amide bonds. The minimum absolute atomic E-state index is 0.432. The minimum Gasteiger partial charge on any atom is -0.493 e. The number of hydrogen-bond donors (Lipinski definition) is 0. The Labute approximate surface area is 146 Å². The number of hydrogen-bond acceptors (Lipinski definition) is 1. The van der Waals surface area contributed by atoms with E-state index in [9.17, 15) is 0 Å². The first-order chi connectivity index (χ1) is 11.6. The number of ether oxygens (including phenoxy) is 1. The lowest BCUT2D eigenvalue weighted by Crippen LogP contribution is -2.39. The average molecular weight is 322 g/mol. The third kappa shape index (κ3) is 3.88. The summed E-state index contributed by atoms with van der Waals surface area (Å²) in [6, 6.07) is 17.6. The molecule has 2 nitrogen and oxygen atoms in total. The lowest BCUT2D eigenvalue weighted by molar-refractivity contribution is -0.902. The van der Waals surface area contributed by atoms with E-state index in [0.717, 1.165) is 36.1 Å². The van der Waals surface area contributed by atoms with E-state index in [1.807, 2.05) is 0 Å². The van der Waals surface area contributed by atoms with Crippen molar-refractivity contribution in [3.63, 3.8) is 0 Å². The molecular weight excluding hydrogens is 294 g/mol. The largest absolute Gasteiger partial charge is 0.493 e. The molecule has 0 heterocycles. The summed E-state index contributed by atoms with van der Waals surface area (Å²) in [5.74, 6) is 1.02. The minimum atomic E-state index is 0.432. The maximum Gasteiger partial charge on any atom is 0.126 e. The van der Waals surface area contributed by atoms with Crippen LogP contribution in [0.1, 0.15) is 35.6 Å². The molecule has 0 fully saturated rings. The number of allylic oxidation sites excluding steroid dienone is 1. The van der Waals surface area contributed by atoms with Gasteiger partial charge in [0.25, 0.3) is 0 Å². The molecule has 0 N–H and O–H groups in total. The Kier molecular flexibility index (Phi) is 5.06. The van der Waals surface area contributed by atoms with Gasteiger partial charge in [0, 0.05) is 17.5 Å². The van der Waals surface area contributed by atoms with Crippen molar-refractivity contribution in [2.75, 3.05) is 27.7 Å². The third-order valence-corrected chi connectivity index (χ3v) is 4.79. The van der Waals surface area contributed by atoms with Crippen LogP contribution in [0.15, 0.2) is 54.6 Å². The maximum atomic E-state index is 6.19. The smallest absolute Gasteiger partial charge is 0.126 e. The molecule has 1 atom stereocenters. The zero-order chi connectivity index (χ0) is 17.0. The number of benzene rings is 2. The van der Waals surface area contributed by atoms with Crippen molar-refractivity contribution >= 4 is 6.08 Å². The molecule has 2 aromatic rings. The number of aryl methyl sites for hydroxylation is 1. The molecule has 0 saturated carbocycles. The molecule has 0 bridgehead atoms. The Bertz CT molecular complexity index is 698. The van der Waals surface area contributed by atoms with E-state index in [1.54, 1.807) is 0 Å². The molecule has 0 radical (unpaired) electrons. The van der Waals surface area contributed by atoms with Gasteiger partial charge in [-0.3, -0.25) is 0 Å². The Hall–Kier alpha value is -2.06. The van der Waals surface area contributed by atoms with E-state index in [2.05, 4.69) is 81.8 Å². The molecule has 2 aromatic carbocycles. The standard InChI is InChI=1S/C22H28NO/c1-23(2,3)21(19-11-5-4-6-12-19)16-17-24-22-15-9-13-18-10-7-8-14-20(18)22/h4-6,8-9,11-15,21H,7,10,16-17H2,1-3H3/q+1. The number of quaternary nitrogens is 1. The Morgan fingerprint density at radius 1 is 1.00 bits per heavy atom. The number of nitrogens with zero attached hydrogens (tertiary/aromatic N) is 1. The molecule has 1 aliphatic carbocycles. The van der Waals surface area contributed by atoms with Crippen LogP contribution in [-0.4, -0.2) is 32.2 Å². The lowest BCUT2D eigenvalue weighted by Gasteiger charge is -2.34. The fourth-order valence-electron chi connectivity index (χ4n) is 3.52. The molecule has 3 rings (SSSR count). The van der Waals surface area contributed by atoms with Crippen LogP contribution in [0.2, 0.25) is 0 Å². The highest BCUT2D eigenvalue weighted by atomic mass is 16.5. The first-order valence-corrected chi connectivity index (χ1v) is 8.83. The van der Waals surface area contributed by atoms with Gasteiger partial charge < -0.3 is 9.22 Å². The van der Waals surface area contributed by atoms with Crippen LogP contribution in [-0.2, 0) is 6.42 Å². The van der Waals surface area contributed by atoms with Gasteiger partial charge in [0.15, 0.2) is 0 Å². The van der Waals surface area contributed by atoms with Gasteiger partial charge in [0.1, 0.15) is 11.8 Å². The van der Waals surface area contributed by atoms with E-state index < -0.39 is 0 Å². The summed E-state index contributed by atoms with van der Waals surface area (Å²) >= 11 is 0. The van der Waals surface area contributed by atoms with Crippen molar-refractivity contribution in [2.45, 2.75) is 25.3 Å². The first-order valence-electron chi connectivity index (χ1n) is 8.83. The zero-order valence-electron chi connectivity index (χ0n) is 15.0. The summed E-state index contributed by atoms with van der Waals surface area (Å²) in [6.45, 7) is 0.735. The SMILES string of the molecule is C[N+](C)(C)C(CCOc1cccc2c1C=CCC2)c1ccccc1. The lowest BCUT2D eigenvalue weighted by atomic mass is 9.97. The van der Waals surface area contributed by atoms with E-state index in [-0.39, 0.29) is 0 Å². The normalized spacial score (nSPS) is 15.0. The van der Waals surface area contributed by atoms with E-state index in [4.69, 9.17) is 4.74 Å². The van der Waals surface area contributed by atoms with Crippen molar-refractivity contribution in [3.05, 3.63) is 71.3 Å². The number of fused-ring (bicyclic) bond motifs is 1. The first kappa shape index (κ1) is 16.8. The van der Waals surface area contributed by atoms with Crippen molar-refractivity contribution in [2.24, 2.45) is 0 Å². The molecule has 2 heteroatoms. The summed E-state index contributed by atoms with van der Waals surface area (Å²) in [6.07, 6.45) is 7.71. The van der Waals surface area contributed by atoms with Crippen LogP contribution in [0.3, 0.4) is 0 Å². The second kappa shape index (κ2) is 7.23. The maximum absolute atomic E-state index is 6.19. The summed E-state index contributed by atoms with van der Waals surface area (Å²) in [5, 5.41) is 0.